The van der Waals surface area contributed by atoms with E-state index >= 15 is 0 Å². The minimum Gasteiger partial charge on any atom is -0.478 e. The lowest BCUT2D eigenvalue weighted by atomic mass is 9.78. The van der Waals surface area contributed by atoms with Crippen molar-refractivity contribution in [3.8, 4) is 0 Å². The van der Waals surface area contributed by atoms with Crippen molar-refractivity contribution in [1.82, 2.24) is 5.32 Å². The van der Waals surface area contributed by atoms with Crippen LogP contribution in [0.5, 0.6) is 0 Å². The first-order valence-corrected chi connectivity index (χ1v) is 7.20. The quantitative estimate of drug-likeness (QED) is 0.672. The van der Waals surface area contributed by atoms with Gasteiger partial charge in [0.25, 0.3) is 0 Å². The summed E-state index contributed by atoms with van der Waals surface area (Å²) in [6.07, 6.45) is 4.46. The highest BCUT2D eigenvalue weighted by molar-refractivity contribution is 6.01. The summed E-state index contributed by atoms with van der Waals surface area (Å²) < 4.78 is 0. The smallest absolute Gasteiger partial charge is 0.331 e. The van der Waals surface area contributed by atoms with Crippen LogP contribution in [-0.2, 0) is 9.59 Å². The molecule has 0 unspecified atom stereocenters. The molecule has 1 saturated carbocycles. The number of carboxylic acid groups (broad SMARTS) is 1. The van der Waals surface area contributed by atoms with E-state index in [9.17, 15) is 14.7 Å². The fraction of sp³-hybridized carbons (Fsp3) is 0.733. The van der Waals surface area contributed by atoms with Crippen LogP contribution in [0.2, 0.25) is 0 Å². The van der Waals surface area contributed by atoms with Crippen LogP contribution in [0.3, 0.4) is 0 Å². The van der Waals surface area contributed by atoms with Gasteiger partial charge in [0.05, 0.1) is 5.60 Å². The van der Waals surface area contributed by atoms with Gasteiger partial charge < -0.3 is 15.5 Å². The molecule has 0 heterocycles. The molecule has 0 spiro atoms. The Hall–Kier alpha value is -1.36. The van der Waals surface area contributed by atoms with Crippen molar-refractivity contribution >= 4 is 11.9 Å². The summed E-state index contributed by atoms with van der Waals surface area (Å²) in [5.41, 5.74) is -0.633. The molecule has 5 nitrogen and oxygen atoms in total. The Kier molecular flexibility index (Phi) is 5.74. The van der Waals surface area contributed by atoms with Crippen LogP contribution >= 0.6 is 0 Å². The molecular weight excluding hydrogens is 258 g/mol. The topological polar surface area (TPSA) is 86.6 Å². The highest BCUT2D eigenvalue weighted by Gasteiger charge is 2.33. The Morgan fingerprint density at radius 3 is 2.20 bits per heavy atom. The Morgan fingerprint density at radius 2 is 1.75 bits per heavy atom. The summed E-state index contributed by atoms with van der Waals surface area (Å²) in [5, 5.41) is 21.9. The van der Waals surface area contributed by atoms with E-state index < -0.39 is 17.5 Å². The summed E-state index contributed by atoms with van der Waals surface area (Å²) in [7, 11) is 0. The van der Waals surface area contributed by atoms with Gasteiger partial charge in [0.2, 0.25) is 5.91 Å². The number of rotatable bonds is 5. The molecule has 0 atom stereocenters. The summed E-state index contributed by atoms with van der Waals surface area (Å²) in [4.78, 5) is 22.6. The molecular formula is C15H25NO4. The third-order valence-electron chi connectivity index (χ3n) is 4.42. The standard InChI is InChI=1S/C15H25NO4/c1-4-12-5-7-15(20,8-6-12)9-16-13(17)10(2)11(3)14(18)19/h12,20H,4-9H2,1-3H3,(H,16,17)(H,18,19). The fourth-order valence-corrected chi connectivity index (χ4v) is 2.51. The zero-order valence-corrected chi connectivity index (χ0v) is 12.5. The lowest BCUT2D eigenvalue weighted by Gasteiger charge is -2.35. The van der Waals surface area contributed by atoms with Gasteiger partial charge in [-0.3, -0.25) is 4.79 Å². The van der Waals surface area contributed by atoms with Crippen molar-refractivity contribution < 1.29 is 19.8 Å². The zero-order chi connectivity index (χ0) is 15.3. The molecule has 0 saturated heterocycles. The number of carbonyl (C=O) groups excluding carboxylic acids is 1. The Balaban J connectivity index is 2.53. The van der Waals surface area contributed by atoms with Crippen molar-refractivity contribution in [3.63, 3.8) is 0 Å². The molecule has 1 aliphatic rings. The van der Waals surface area contributed by atoms with Gasteiger partial charge in [-0.1, -0.05) is 13.3 Å². The number of hydrogen-bond acceptors (Lipinski definition) is 3. The monoisotopic (exact) mass is 283 g/mol. The summed E-state index contributed by atoms with van der Waals surface area (Å²) in [6.45, 7) is 5.22. The second-order valence-corrected chi connectivity index (χ2v) is 5.81. The van der Waals surface area contributed by atoms with Crippen molar-refractivity contribution in [2.75, 3.05) is 6.54 Å². The third kappa shape index (κ3) is 4.34. The maximum atomic E-state index is 11.9. The van der Waals surface area contributed by atoms with Gasteiger partial charge in [-0.2, -0.15) is 0 Å². The molecule has 0 aromatic carbocycles. The number of aliphatic carboxylic acids is 1. The molecule has 1 rings (SSSR count). The van der Waals surface area contributed by atoms with Gasteiger partial charge in [-0.25, -0.2) is 4.79 Å². The molecule has 0 bridgehead atoms. The van der Waals surface area contributed by atoms with E-state index in [1.54, 1.807) is 0 Å². The Bertz CT molecular complexity index is 406. The molecule has 0 radical (unpaired) electrons. The lowest BCUT2D eigenvalue weighted by molar-refractivity contribution is -0.133. The van der Waals surface area contributed by atoms with Crippen molar-refractivity contribution in [3.05, 3.63) is 11.1 Å². The summed E-state index contributed by atoms with van der Waals surface area (Å²) in [5.74, 6) is -0.849. The molecule has 0 aromatic rings. The van der Waals surface area contributed by atoms with Gasteiger partial charge in [-0.15, -0.1) is 0 Å². The number of amides is 1. The number of carbonyl (C=O) groups is 2. The normalized spacial score (nSPS) is 27.7. The maximum Gasteiger partial charge on any atom is 0.331 e. The molecule has 0 aliphatic heterocycles. The van der Waals surface area contributed by atoms with E-state index in [2.05, 4.69) is 12.2 Å². The van der Waals surface area contributed by atoms with Crippen molar-refractivity contribution in [1.29, 1.82) is 0 Å². The van der Waals surface area contributed by atoms with Crippen molar-refractivity contribution in [2.45, 2.75) is 58.5 Å². The lowest BCUT2D eigenvalue weighted by Crippen LogP contribution is -2.45. The minimum absolute atomic E-state index is 0.0316. The van der Waals surface area contributed by atoms with Crippen molar-refractivity contribution in [2.24, 2.45) is 5.92 Å². The van der Waals surface area contributed by atoms with E-state index in [0.29, 0.717) is 18.8 Å². The van der Waals surface area contributed by atoms with Crippen LogP contribution < -0.4 is 5.32 Å². The second-order valence-electron chi connectivity index (χ2n) is 5.81. The molecule has 0 aromatic heterocycles. The van der Waals surface area contributed by atoms with E-state index in [0.717, 1.165) is 19.3 Å². The Morgan fingerprint density at radius 1 is 1.20 bits per heavy atom. The predicted molar refractivity (Wildman–Crippen MR) is 76.2 cm³/mol. The number of carboxylic acids is 1. The highest BCUT2D eigenvalue weighted by Crippen LogP contribution is 2.33. The summed E-state index contributed by atoms with van der Waals surface area (Å²) >= 11 is 0. The molecule has 1 aliphatic carbocycles. The number of nitrogens with one attached hydrogen (secondary N) is 1. The maximum absolute atomic E-state index is 11.9. The van der Waals surface area contributed by atoms with E-state index in [4.69, 9.17) is 5.11 Å². The number of aliphatic hydroxyl groups is 1. The molecule has 20 heavy (non-hydrogen) atoms. The first-order valence-electron chi connectivity index (χ1n) is 7.20. The minimum atomic E-state index is -1.10. The van der Waals surface area contributed by atoms with Crippen LogP contribution in [-0.4, -0.2) is 34.2 Å². The largest absolute Gasteiger partial charge is 0.478 e. The Labute approximate surface area is 120 Å². The van der Waals surface area contributed by atoms with Crippen LogP contribution in [0, 0.1) is 5.92 Å². The average molecular weight is 283 g/mol. The average Bonchev–Trinajstić information content (AvgIpc) is 2.44. The van der Waals surface area contributed by atoms with Crippen LogP contribution in [0.15, 0.2) is 11.1 Å². The zero-order valence-electron chi connectivity index (χ0n) is 12.5. The third-order valence-corrected chi connectivity index (χ3v) is 4.42. The van der Waals surface area contributed by atoms with Gasteiger partial charge >= 0.3 is 5.97 Å². The first-order chi connectivity index (χ1) is 9.29. The number of hydrogen-bond donors (Lipinski definition) is 3. The SMILES string of the molecule is CCC1CCC(O)(CNC(=O)C(C)=C(C)C(=O)O)CC1. The van der Waals surface area contributed by atoms with Crippen LogP contribution in [0.4, 0.5) is 0 Å². The van der Waals surface area contributed by atoms with Gasteiger partial charge in [0.15, 0.2) is 0 Å². The van der Waals surface area contributed by atoms with Gasteiger partial charge in [-0.05, 0) is 45.4 Å². The van der Waals surface area contributed by atoms with Crippen LogP contribution in [0.25, 0.3) is 0 Å². The predicted octanol–water partition coefficient (Wildman–Crippen LogP) is 1.85. The molecule has 5 heteroatoms. The molecule has 114 valence electrons. The molecule has 3 N–H and O–H groups in total. The van der Waals surface area contributed by atoms with E-state index in [-0.39, 0.29) is 17.7 Å². The van der Waals surface area contributed by atoms with Gasteiger partial charge in [0, 0.05) is 17.7 Å². The fourth-order valence-electron chi connectivity index (χ4n) is 2.51. The second kappa shape index (κ2) is 6.88. The van der Waals surface area contributed by atoms with Gasteiger partial charge in [0.1, 0.15) is 0 Å². The van der Waals surface area contributed by atoms with E-state index in [1.807, 2.05) is 0 Å². The summed E-state index contributed by atoms with van der Waals surface area (Å²) in [6, 6.07) is 0. The molecule has 1 amide bonds. The highest BCUT2D eigenvalue weighted by atomic mass is 16.4. The van der Waals surface area contributed by atoms with Crippen LogP contribution in [0.1, 0.15) is 52.9 Å². The first kappa shape index (κ1) is 16.7. The van der Waals surface area contributed by atoms with E-state index in [1.165, 1.54) is 13.8 Å². The molecule has 1 fully saturated rings.